The maximum atomic E-state index is 15.9. The fourth-order valence-electron chi connectivity index (χ4n) is 9.68. The van der Waals surface area contributed by atoms with Crippen LogP contribution < -0.4 is 19.3 Å². The van der Waals surface area contributed by atoms with Crippen molar-refractivity contribution in [2.45, 2.75) is 120 Å². The maximum absolute atomic E-state index is 15.9. The normalized spacial score (nSPS) is 13.0. The predicted octanol–water partition coefficient (Wildman–Crippen LogP) is 11.4. The van der Waals surface area contributed by atoms with Gasteiger partial charge in [0, 0.05) is 33.9 Å². The number of sulfonamides is 2. The smallest absolute Gasteiger partial charge is 0.333 e. The van der Waals surface area contributed by atoms with Gasteiger partial charge in [0.25, 0.3) is 20.0 Å². The number of esters is 2. The minimum absolute atomic E-state index is 0.0606. The standard InChI is InChI=1S/C61H63F4NO11S3/c1-34(2)41-17-13-18-42(35(3)4)48(41)30-39-23-25-45-50(32-39)77-51-33-40(31-49-43(36(5)6)19-14-20-44(49)37(7)8)24-26-46(51)54(45)47-16-11-12-21-52(47)79(71,72)66-80(73,74)60-57(64)55(62)59(56(63)58(60)65)78(69,70)29-28-75-53(67)22-15-27-76-61(68)38(9)10/h11-14,16-21,23-26,30,32-37,66H,9,15,22,27-29,31H2,1-8,10H3/b39-30+. The first kappa shape index (κ1) is 60.7. The molecule has 1 heterocycles. The molecule has 12 nitrogen and oxygen atoms in total. The summed E-state index contributed by atoms with van der Waals surface area (Å²) < 4.78 is 164. The Labute approximate surface area is 465 Å². The molecule has 0 saturated heterocycles. The highest BCUT2D eigenvalue weighted by Gasteiger charge is 2.40. The van der Waals surface area contributed by atoms with E-state index in [4.69, 9.17) is 14.2 Å². The first-order valence-corrected chi connectivity index (χ1v) is 30.5. The molecule has 6 aromatic carbocycles. The SMILES string of the molecule is C=C(C)C(=O)OCCCC(=O)OCCS(=O)(=O)c1c(F)c(F)c(S(=O)(=O)NS(=O)(=O)c2ccccc2C2=c3cc/c(=C\c4c(C(C)C)cccc4C(C)C)cc3Oc3cc(Cc4c(C(C)C)cccc4C(C)C)ccc32)c(F)c1F. The van der Waals surface area contributed by atoms with Gasteiger partial charge in [-0.05, 0) is 118 Å². The Morgan fingerprint density at radius 3 is 1.76 bits per heavy atom. The summed E-state index contributed by atoms with van der Waals surface area (Å²) in [5, 5.41) is 1.13. The van der Waals surface area contributed by atoms with Crippen molar-refractivity contribution in [3.05, 3.63) is 193 Å². The summed E-state index contributed by atoms with van der Waals surface area (Å²) in [5.74, 6) is -12.6. The third-order valence-electron chi connectivity index (χ3n) is 13.6. The van der Waals surface area contributed by atoms with Crippen LogP contribution in [0.2, 0.25) is 0 Å². The van der Waals surface area contributed by atoms with E-state index in [1.807, 2.05) is 36.4 Å². The zero-order valence-electron chi connectivity index (χ0n) is 45.8. The largest absolute Gasteiger partial charge is 0.465 e. The van der Waals surface area contributed by atoms with E-state index in [2.05, 4.69) is 92.3 Å². The summed E-state index contributed by atoms with van der Waals surface area (Å²) in [6.07, 6.45) is 2.12. The number of carbonyl (C=O) groups is 2. The molecule has 424 valence electrons. The van der Waals surface area contributed by atoms with Crippen molar-refractivity contribution < 1.29 is 66.6 Å². The lowest BCUT2D eigenvalue weighted by Gasteiger charge is -2.24. The van der Waals surface area contributed by atoms with E-state index in [0.29, 0.717) is 28.7 Å². The lowest BCUT2D eigenvalue weighted by atomic mass is 9.85. The molecule has 0 unspecified atom stereocenters. The second-order valence-electron chi connectivity index (χ2n) is 20.8. The lowest BCUT2D eigenvalue weighted by molar-refractivity contribution is -0.145. The number of fused-ring (bicyclic) bond motifs is 2. The lowest BCUT2D eigenvalue weighted by Crippen LogP contribution is -2.34. The van der Waals surface area contributed by atoms with Gasteiger partial charge < -0.3 is 14.2 Å². The van der Waals surface area contributed by atoms with Crippen molar-refractivity contribution in [1.82, 2.24) is 4.13 Å². The molecule has 0 aliphatic carbocycles. The van der Waals surface area contributed by atoms with Crippen molar-refractivity contribution in [3.63, 3.8) is 0 Å². The number of carbonyl (C=O) groups excluding carboxylic acids is 2. The fourth-order valence-corrected chi connectivity index (χ4v) is 14.1. The Morgan fingerprint density at radius 2 is 1.19 bits per heavy atom. The van der Waals surface area contributed by atoms with Crippen molar-refractivity contribution >= 4 is 53.5 Å². The molecular formula is C61H63F4NO11S3. The number of hydrogen-bond donors (Lipinski definition) is 1. The van der Waals surface area contributed by atoms with Crippen molar-refractivity contribution in [1.29, 1.82) is 0 Å². The fraction of sp³-hybridized carbons (Fsp3) is 0.311. The topological polar surface area (TPSA) is 176 Å². The van der Waals surface area contributed by atoms with Gasteiger partial charge in [-0.3, -0.25) is 4.79 Å². The van der Waals surface area contributed by atoms with Gasteiger partial charge in [-0.25, -0.2) is 47.6 Å². The van der Waals surface area contributed by atoms with Crippen molar-refractivity contribution in [2.24, 2.45) is 0 Å². The molecule has 0 bridgehead atoms. The Hall–Kier alpha value is -6.93. The second kappa shape index (κ2) is 24.4. The highest BCUT2D eigenvalue weighted by molar-refractivity contribution is 8.04. The molecular weight excluding hydrogens is 1090 g/mol. The zero-order valence-corrected chi connectivity index (χ0v) is 48.3. The molecule has 0 aromatic heterocycles. The molecule has 19 heteroatoms. The van der Waals surface area contributed by atoms with Crippen LogP contribution in [0.4, 0.5) is 17.6 Å². The number of sulfone groups is 1. The van der Waals surface area contributed by atoms with E-state index in [0.717, 1.165) is 39.1 Å². The highest BCUT2D eigenvalue weighted by Crippen LogP contribution is 2.41. The minimum atomic E-state index is -6.17. The number of hydrogen-bond acceptors (Lipinski definition) is 11. The van der Waals surface area contributed by atoms with Gasteiger partial charge in [0.1, 0.15) is 23.0 Å². The van der Waals surface area contributed by atoms with E-state index in [9.17, 15) is 34.8 Å². The Kier molecular flexibility index (Phi) is 18.5. The molecule has 1 aliphatic heterocycles. The van der Waals surface area contributed by atoms with E-state index in [-0.39, 0.29) is 59.8 Å². The van der Waals surface area contributed by atoms with E-state index in [1.165, 1.54) is 40.4 Å². The summed E-state index contributed by atoms with van der Waals surface area (Å²) in [6.45, 7) is 20.4. The predicted molar refractivity (Wildman–Crippen MR) is 298 cm³/mol. The van der Waals surface area contributed by atoms with Crippen LogP contribution in [0.15, 0.2) is 124 Å². The minimum Gasteiger partial charge on any atom is -0.465 e. The van der Waals surface area contributed by atoms with E-state index < -0.39 is 92.1 Å². The van der Waals surface area contributed by atoms with Gasteiger partial charge in [-0.1, -0.05) is 135 Å². The maximum Gasteiger partial charge on any atom is 0.333 e. The van der Waals surface area contributed by atoms with Gasteiger partial charge in [-0.15, -0.1) is 4.13 Å². The summed E-state index contributed by atoms with van der Waals surface area (Å²) in [5.41, 5.74) is 8.30. The number of ether oxygens (including phenoxy) is 3. The van der Waals surface area contributed by atoms with Gasteiger partial charge in [-0.2, -0.15) is 0 Å². The summed E-state index contributed by atoms with van der Waals surface area (Å²) >= 11 is 0. The third kappa shape index (κ3) is 13.0. The van der Waals surface area contributed by atoms with Gasteiger partial charge >= 0.3 is 11.9 Å². The van der Waals surface area contributed by atoms with Crippen LogP contribution in [-0.2, 0) is 55.4 Å². The highest BCUT2D eigenvalue weighted by atomic mass is 32.3. The van der Waals surface area contributed by atoms with E-state index in [1.54, 1.807) is 12.1 Å². The average Bonchev–Trinajstić information content (AvgIpc) is 3.37. The molecule has 6 aromatic rings. The molecule has 0 saturated carbocycles. The first-order valence-electron chi connectivity index (χ1n) is 25.9. The Balaban J connectivity index is 1.30. The molecule has 1 aliphatic rings. The Morgan fingerprint density at radius 1 is 0.625 bits per heavy atom. The first-order chi connectivity index (χ1) is 37.6. The number of rotatable bonds is 21. The third-order valence-corrected chi connectivity index (χ3v) is 18.8. The molecule has 0 spiro atoms. The average molecular weight is 1160 g/mol. The monoisotopic (exact) mass is 1160 g/mol. The van der Waals surface area contributed by atoms with E-state index >= 15 is 17.6 Å². The molecule has 0 radical (unpaired) electrons. The van der Waals surface area contributed by atoms with Crippen LogP contribution in [0, 0.1) is 23.3 Å². The molecule has 80 heavy (non-hydrogen) atoms. The van der Waals surface area contributed by atoms with Crippen LogP contribution in [-0.4, -0.2) is 56.2 Å². The molecule has 0 amide bonds. The molecule has 7 rings (SSSR count). The summed E-state index contributed by atoms with van der Waals surface area (Å²) in [7, 11) is -17.1. The number of nitrogens with one attached hydrogen (secondary N) is 1. The Bertz CT molecular complexity index is 3850. The van der Waals surface area contributed by atoms with Crippen molar-refractivity contribution in [3.8, 4) is 11.5 Å². The number of benzene rings is 6. The van der Waals surface area contributed by atoms with Crippen molar-refractivity contribution in [2.75, 3.05) is 19.0 Å². The summed E-state index contributed by atoms with van der Waals surface area (Å²) in [6, 6.07) is 28.5. The zero-order chi connectivity index (χ0) is 58.8. The van der Waals surface area contributed by atoms with Crippen LogP contribution >= 0.6 is 0 Å². The molecule has 1 N–H and O–H groups in total. The second-order valence-corrected chi connectivity index (χ2v) is 26.4. The summed E-state index contributed by atoms with van der Waals surface area (Å²) in [4.78, 5) is 18.2. The van der Waals surface area contributed by atoms with Crippen LogP contribution in [0.3, 0.4) is 0 Å². The molecule has 0 atom stereocenters. The van der Waals surface area contributed by atoms with Gasteiger partial charge in [0.15, 0.2) is 38.0 Å². The van der Waals surface area contributed by atoms with Crippen LogP contribution in [0.5, 0.6) is 11.5 Å². The van der Waals surface area contributed by atoms with Crippen LogP contribution in [0.25, 0.3) is 11.6 Å². The van der Waals surface area contributed by atoms with Gasteiger partial charge in [0.05, 0.1) is 17.3 Å². The van der Waals surface area contributed by atoms with Gasteiger partial charge in [0.2, 0.25) is 0 Å². The number of halogens is 4. The van der Waals surface area contributed by atoms with Crippen LogP contribution in [0.1, 0.15) is 149 Å². The quantitative estimate of drug-likeness (QED) is 0.0238. The molecule has 0 fully saturated rings.